The van der Waals surface area contributed by atoms with E-state index in [4.69, 9.17) is 0 Å². The number of hydrogen-bond donors (Lipinski definition) is 2. The van der Waals surface area contributed by atoms with Crippen LogP contribution >= 0.6 is 0 Å². The maximum Gasteiger partial charge on any atom is 0.255 e. The Hall–Kier alpha value is -1.88. The molecule has 1 amide bonds. The van der Waals surface area contributed by atoms with Crippen LogP contribution in [0.15, 0.2) is 30.6 Å². The van der Waals surface area contributed by atoms with Gasteiger partial charge in [0.25, 0.3) is 5.91 Å². The molecular weight excluding hydrogens is 242 g/mol. The lowest BCUT2D eigenvalue weighted by atomic mass is 10.0. The summed E-state index contributed by atoms with van der Waals surface area (Å²) < 4.78 is 1.65. The number of aliphatic hydroxyl groups is 1. The molecule has 1 unspecified atom stereocenters. The lowest BCUT2D eigenvalue weighted by Crippen LogP contribution is -2.40. The summed E-state index contributed by atoms with van der Waals surface area (Å²) in [5.74, 6) is -0.211. The monoisotopic (exact) mass is 261 g/mol. The van der Waals surface area contributed by atoms with Gasteiger partial charge in [0.1, 0.15) is 0 Å². The van der Waals surface area contributed by atoms with Gasteiger partial charge in [0, 0.05) is 12.7 Å². The smallest absolute Gasteiger partial charge is 0.255 e. The minimum Gasteiger partial charge on any atom is -0.388 e. The number of carbonyl (C=O) groups is 1. The maximum atomic E-state index is 12.1. The number of rotatable bonds is 5. The van der Waals surface area contributed by atoms with Crippen molar-refractivity contribution in [3.05, 3.63) is 36.2 Å². The number of aromatic nitrogens is 2. The normalized spacial score (nSPS) is 14.3. The van der Waals surface area contributed by atoms with Crippen molar-refractivity contribution in [1.29, 1.82) is 0 Å². The summed E-state index contributed by atoms with van der Waals surface area (Å²) in [6.45, 7) is 3.97. The molecule has 0 aliphatic heterocycles. The molecule has 2 aromatic heterocycles. The molecule has 0 aromatic carbocycles. The van der Waals surface area contributed by atoms with Gasteiger partial charge in [0.15, 0.2) is 0 Å². The first-order valence-electron chi connectivity index (χ1n) is 6.46. The zero-order valence-corrected chi connectivity index (χ0v) is 11.3. The predicted octanol–water partition coefficient (Wildman–Crippen LogP) is 1.62. The van der Waals surface area contributed by atoms with Crippen LogP contribution in [0.2, 0.25) is 0 Å². The third-order valence-corrected chi connectivity index (χ3v) is 3.09. The van der Waals surface area contributed by atoms with Crippen LogP contribution in [0.5, 0.6) is 0 Å². The summed E-state index contributed by atoms with van der Waals surface area (Å²) in [6.07, 6.45) is 4.86. The Bertz CT molecular complexity index is 575. The number of hydrogen-bond acceptors (Lipinski definition) is 3. The molecule has 1 atom stereocenters. The van der Waals surface area contributed by atoms with E-state index in [2.05, 4.69) is 10.4 Å². The van der Waals surface area contributed by atoms with E-state index < -0.39 is 5.60 Å². The fourth-order valence-corrected chi connectivity index (χ4v) is 2.10. The molecule has 2 aromatic rings. The Balaban J connectivity index is 2.08. The lowest BCUT2D eigenvalue weighted by molar-refractivity contribution is 0.0470. The summed E-state index contributed by atoms with van der Waals surface area (Å²) in [4.78, 5) is 12.1. The number of amides is 1. The first-order valence-corrected chi connectivity index (χ1v) is 6.46. The van der Waals surface area contributed by atoms with Gasteiger partial charge in [-0.2, -0.15) is 5.10 Å². The molecule has 0 bridgehead atoms. The Kier molecular flexibility index (Phi) is 3.85. The molecule has 5 heteroatoms. The van der Waals surface area contributed by atoms with Crippen molar-refractivity contribution in [2.75, 3.05) is 6.54 Å². The Morgan fingerprint density at radius 3 is 3.05 bits per heavy atom. The molecule has 2 heterocycles. The summed E-state index contributed by atoms with van der Waals surface area (Å²) >= 11 is 0. The minimum absolute atomic E-state index is 0.211. The Morgan fingerprint density at radius 2 is 2.32 bits per heavy atom. The van der Waals surface area contributed by atoms with Crippen molar-refractivity contribution in [1.82, 2.24) is 14.9 Å². The van der Waals surface area contributed by atoms with Crippen LogP contribution in [0.3, 0.4) is 0 Å². The highest BCUT2D eigenvalue weighted by Crippen LogP contribution is 2.12. The van der Waals surface area contributed by atoms with E-state index in [9.17, 15) is 9.90 Å². The molecular formula is C14H19N3O2. The third-order valence-electron chi connectivity index (χ3n) is 3.09. The van der Waals surface area contributed by atoms with Crippen LogP contribution in [0.1, 0.15) is 37.0 Å². The van der Waals surface area contributed by atoms with Gasteiger partial charge in [0.05, 0.1) is 22.9 Å². The van der Waals surface area contributed by atoms with Crippen LogP contribution in [0.4, 0.5) is 0 Å². The molecule has 0 aliphatic carbocycles. The fourth-order valence-electron chi connectivity index (χ4n) is 2.10. The average molecular weight is 261 g/mol. The van der Waals surface area contributed by atoms with Crippen molar-refractivity contribution in [3.63, 3.8) is 0 Å². The van der Waals surface area contributed by atoms with Gasteiger partial charge in [-0.1, -0.05) is 19.4 Å². The fraction of sp³-hybridized carbons (Fsp3) is 0.429. The van der Waals surface area contributed by atoms with Crippen molar-refractivity contribution >= 4 is 11.4 Å². The van der Waals surface area contributed by atoms with E-state index in [-0.39, 0.29) is 12.5 Å². The Morgan fingerprint density at radius 1 is 1.53 bits per heavy atom. The Labute approximate surface area is 112 Å². The van der Waals surface area contributed by atoms with Gasteiger partial charge in [-0.3, -0.25) is 4.79 Å². The highest BCUT2D eigenvalue weighted by molar-refractivity contribution is 6.00. The predicted molar refractivity (Wildman–Crippen MR) is 73.1 cm³/mol. The number of nitrogens with zero attached hydrogens (tertiary/aromatic N) is 2. The summed E-state index contributed by atoms with van der Waals surface area (Å²) in [7, 11) is 0. The SMILES string of the molecule is CCCC(C)(O)CNC(=O)c1cnn2ccccc12. The highest BCUT2D eigenvalue weighted by atomic mass is 16.3. The molecule has 0 aliphatic rings. The number of carbonyl (C=O) groups excluding carboxylic acids is 1. The van der Waals surface area contributed by atoms with Crippen molar-refractivity contribution in [2.45, 2.75) is 32.3 Å². The molecule has 5 nitrogen and oxygen atoms in total. The van der Waals surface area contributed by atoms with Gasteiger partial charge in [-0.25, -0.2) is 4.52 Å². The highest BCUT2D eigenvalue weighted by Gasteiger charge is 2.21. The van der Waals surface area contributed by atoms with Crippen molar-refractivity contribution in [3.8, 4) is 0 Å². The molecule has 0 radical (unpaired) electrons. The molecule has 102 valence electrons. The molecule has 19 heavy (non-hydrogen) atoms. The molecule has 2 N–H and O–H groups in total. The molecule has 0 fully saturated rings. The first-order chi connectivity index (χ1) is 9.03. The second kappa shape index (κ2) is 5.40. The van der Waals surface area contributed by atoms with Gasteiger partial charge < -0.3 is 10.4 Å². The molecule has 2 rings (SSSR count). The standard InChI is InChI=1S/C14H19N3O2/c1-3-7-14(2,19)10-15-13(18)11-9-16-17-8-5-4-6-12(11)17/h4-6,8-9,19H,3,7,10H2,1-2H3,(H,15,18). The van der Waals surface area contributed by atoms with Gasteiger partial charge in [-0.15, -0.1) is 0 Å². The zero-order valence-electron chi connectivity index (χ0n) is 11.3. The van der Waals surface area contributed by atoms with Crippen LogP contribution in [-0.2, 0) is 0 Å². The zero-order chi connectivity index (χ0) is 13.9. The lowest BCUT2D eigenvalue weighted by Gasteiger charge is -2.22. The van der Waals surface area contributed by atoms with E-state index in [1.165, 1.54) is 0 Å². The quantitative estimate of drug-likeness (QED) is 0.859. The van der Waals surface area contributed by atoms with Gasteiger partial charge >= 0.3 is 0 Å². The topological polar surface area (TPSA) is 66.6 Å². The number of nitrogens with one attached hydrogen (secondary N) is 1. The van der Waals surface area contributed by atoms with Crippen LogP contribution < -0.4 is 5.32 Å². The second-order valence-corrected chi connectivity index (χ2v) is 5.02. The minimum atomic E-state index is -0.868. The van der Waals surface area contributed by atoms with E-state index in [1.807, 2.05) is 25.1 Å². The van der Waals surface area contributed by atoms with Gasteiger partial charge in [-0.05, 0) is 25.5 Å². The van der Waals surface area contributed by atoms with E-state index in [0.717, 1.165) is 11.9 Å². The largest absolute Gasteiger partial charge is 0.388 e. The van der Waals surface area contributed by atoms with Crippen LogP contribution in [-0.4, -0.2) is 32.8 Å². The van der Waals surface area contributed by atoms with E-state index in [0.29, 0.717) is 12.0 Å². The third kappa shape index (κ3) is 3.12. The summed E-state index contributed by atoms with van der Waals surface area (Å²) in [5, 5.41) is 16.9. The van der Waals surface area contributed by atoms with Crippen molar-refractivity contribution < 1.29 is 9.90 Å². The maximum absolute atomic E-state index is 12.1. The average Bonchev–Trinajstić information content (AvgIpc) is 2.80. The summed E-state index contributed by atoms with van der Waals surface area (Å²) in [6, 6.07) is 5.56. The van der Waals surface area contributed by atoms with Crippen LogP contribution in [0.25, 0.3) is 5.52 Å². The van der Waals surface area contributed by atoms with E-state index in [1.54, 1.807) is 23.8 Å². The molecule has 0 saturated carbocycles. The summed E-state index contributed by atoms with van der Waals surface area (Å²) in [5.41, 5.74) is 0.413. The molecule has 0 spiro atoms. The van der Waals surface area contributed by atoms with Crippen molar-refractivity contribution in [2.24, 2.45) is 0 Å². The molecule has 0 saturated heterocycles. The number of fused-ring (bicyclic) bond motifs is 1. The number of pyridine rings is 1. The first kappa shape index (κ1) is 13.5. The van der Waals surface area contributed by atoms with Crippen LogP contribution in [0, 0.1) is 0 Å². The van der Waals surface area contributed by atoms with Gasteiger partial charge in [0.2, 0.25) is 0 Å². The second-order valence-electron chi connectivity index (χ2n) is 5.02. The van der Waals surface area contributed by atoms with E-state index >= 15 is 0 Å².